The van der Waals surface area contributed by atoms with Crippen molar-refractivity contribution >= 4 is 16.9 Å². The van der Waals surface area contributed by atoms with E-state index in [2.05, 4.69) is 16.8 Å². The molecule has 1 fully saturated rings. The monoisotopic (exact) mass is 328 g/mol. The molecule has 1 aromatic carbocycles. The topological polar surface area (TPSA) is 45.3 Å². The van der Waals surface area contributed by atoms with Crippen LogP contribution in [0.1, 0.15) is 49.4 Å². The second kappa shape index (κ2) is 8.34. The van der Waals surface area contributed by atoms with Gasteiger partial charge in [0, 0.05) is 23.6 Å². The number of nitrogens with one attached hydrogen (secondary N) is 1. The maximum atomic E-state index is 12.3. The number of para-hydroxylation sites is 1. The highest BCUT2D eigenvalue weighted by molar-refractivity contribution is 6.03. The standard InChI is InChI=1S/C20H28N2O2/c1-2-3-6-11-22-12-9-16(15-22)10-13-24-20(23)18-14-21-19-8-5-4-7-17(18)19/h4-5,7-8,14,16,21H,2-3,6,9-13,15H2,1H3. The lowest BCUT2D eigenvalue weighted by molar-refractivity contribution is 0.0486. The van der Waals surface area contributed by atoms with E-state index in [1.54, 1.807) is 6.20 Å². The highest BCUT2D eigenvalue weighted by Gasteiger charge is 2.22. The number of likely N-dealkylation sites (tertiary alicyclic amines) is 1. The van der Waals surface area contributed by atoms with Gasteiger partial charge in [-0.15, -0.1) is 0 Å². The zero-order chi connectivity index (χ0) is 16.8. The molecule has 1 atom stereocenters. The first kappa shape index (κ1) is 17.0. The van der Waals surface area contributed by atoms with Crippen LogP contribution in [0.2, 0.25) is 0 Å². The first-order valence-electron chi connectivity index (χ1n) is 9.23. The largest absolute Gasteiger partial charge is 0.462 e. The summed E-state index contributed by atoms with van der Waals surface area (Å²) < 4.78 is 5.51. The normalized spacial score (nSPS) is 18.3. The van der Waals surface area contributed by atoms with Crippen molar-refractivity contribution in [3.05, 3.63) is 36.0 Å². The summed E-state index contributed by atoms with van der Waals surface area (Å²) in [5.41, 5.74) is 1.61. The van der Waals surface area contributed by atoms with Crippen LogP contribution in [0.15, 0.2) is 30.5 Å². The Morgan fingerprint density at radius 3 is 3.08 bits per heavy atom. The quantitative estimate of drug-likeness (QED) is 0.583. The molecule has 1 aliphatic heterocycles. The van der Waals surface area contributed by atoms with E-state index in [0.717, 1.165) is 23.9 Å². The van der Waals surface area contributed by atoms with Gasteiger partial charge in [0.05, 0.1) is 12.2 Å². The molecule has 0 spiro atoms. The van der Waals surface area contributed by atoms with Gasteiger partial charge in [-0.3, -0.25) is 0 Å². The maximum absolute atomic E-state index is 12.3. The average molecular weight is 328 g/mol. The number of carbonyl (C=O) groups excluding carboxylic acids is 1. The minimum absolute atomic E-state index is 0.217. The zero-order valence-corrected chi connectivity index (χ0v) is 14.6. The number of nitrogens with zero attached hydrogens (tertiary/aromatic N) is 1. The number of benzene rings is 1. The molecule has 4 heteroatoms. The van der Waals surface area contributed by atoms with E-state index in [-0.39, 0.29) is 5.97 Å². The van der Waals surface area contributed by atoms with Gasteiger partial charge in [0.15, 0.2) is 0 Å². The van der Waals surface area contributed by atoms with E-state index in [1.165, 1.54) is 38.8 Å². The summed E-state index contributed by atoms with van der Waals surface area (Å²) in [7, 11) is 0. The molecule has 1 N–H and O–H groups in total. The molecule has 2 heterocycles. The fourth-order valence-electron chi connectivity index (χ4n) is 3.57. The number of aromatic nitrogens is 1. The summed E-state index contributed by atoms with van der Waals surface area (Å²) in [5, 5.41) is 0.936. The zero-order valence-electron chi connectivity index (χ0n) is 14.6. The summed E-state index contributed by atoms with van der Waals surface area (Å²) in [6.07, 6.45) is 7.86. The van der Waals surface area contributed by atoms with Gasteiger partial charge in [-0.25, -0.2) is 4.79 Å². The summed E-state index contributed by atoms with van der Waals surface area (Å²) >= 11 is 0. The number of esters is 1. The Kier molecular flexibility index (Phi) is 5.91. The molecule has 24 heavy (non-hydrogen) atoms. The molecule has 1 aliphatic rings. The van der Waals surface area contributed by atoms with Crippen LogP contribution in [-0.2, 0) is 4.74 Å². The Labute approximate surface area is 144 Å². The molecule has 0 radical (unpaired) electrons. The molecule has 3 rings (SSSR count). The summed E-state index contributed by atoms with van der Waals surface area (Å²) in [5.74, 6) is 0.452. The van der Waals surface area contributed by atoms with Crippen LogP contribution in [0.5, 0.6) is 0 Å². The fraction of sp³-hybridized carbons (Fsp3) is 0.550. The minimum Gasteiger partial charge on any atom is -0.462 e. The first-order valence-corrected chi connectivity index (χ1v) is 9.23. The minimum atomic E-state index is -0.217. The molecular weight excluding hydrogens is 300 g/mol. The maximum Gasteiger partial charge on any atom is 0.340 e. The van der Waals surface area contributed by atoms with Crippen molar-refractivity contribution in [2.45, 2.75) is 39.0 Å². The molecule has 0 bridgehead atoms. The van der Waals surface area contributed by atoms with E-state index >= 15 is 0 Å². The lowest BCUT2D eigenvalue weighted by Gasteiger charge is -2.15. The number of unbranched alkanes of at least 4 members (excludes halogenated alkanes) is 2. The van der Waals surface area contributed by atoms with Crippen LogP contribution in [0.4, 0.5) is 0 Å². The number of hydrogen-bond acceptors (Lipinski definition) is 3. The van der Waals surface area contributed by atoms with Gasteiger partial charge < -0.3 is 14.6 Å². The van der Waals surface area contributed by atoms with Crippen molar-refractivity contribution in [1.29, 1.82) is 0 Å². The molecule has 1 unspecified atom stereocenters. The Morgan fingerprint density at radius 2 is 2.21 bits per heavy atom. The lowest BCUT2D eigenvalue weighted by Crippen LogP contribution is -2.22. The molecule has 130 valence electrons. The Balaban J connectivity index is 1.41. The van der Waals surface area contributed by atoms with E-state index in [0.29, 0.717) is 18.1 Å². The van der Waals surface area contributed by atoms with Crippen molar-refractivity contribution in [2.75, 3.05) is 26.2 Å². The van der Waals surface area contributed by atoms with Gasteiger partial charge in [-0.1, -0.05) is 38.0 Å². The molecule has 1 aromatic heterocycles. The van der Waals surface area contributed by atoms with Crippen LogP contribution < -0.4 is 0 Å². The Bertz CT molecular complexity index is 664. The third-order valence-corrected chi connectivity index (χ3v) is 5.02. The third kappa shape index (κ3) is 4.18. The van der Waals surface area contributed by atoms with E-state index < -0.39 is 0 Å². The van der Waals surface area contributed by atoms with Crippen molar-refractivity contribution in [3.63, 3.8) is 0 Å². The summed E-state index contributed by atoms with van der Waals surface area (Å²) in [4.78, 5) is 18.0. The SMILES string of the molecule is CCCCCN1CCC(CCOC(=O)c2c[nH]c3ccccc23)C1. The molecule has 2 aromatic rings. The molecule has 0 aliphatic carbocycles. The fourth-order valence-corrected chi connectivity index (χ4v) is 3.57. The number of aromatic amines is 1. The number of fused-ring (bicyclic) bond motifs is 1. The summed E-state index contributed by atoms with van der Waals surface area (Å²) in [6.45, 7) is 6.35. The second-order valence-electron chi connectivity index (χ2n) is 6.83. The molecular formula is C20H28N2O2. The predicted octanol–water partition coefficient (Wildman–Crippen LogP) is 4.23. The number of ether oxygens (including phenoxy) is 1. The average Bonchev–Trinajstić information content (AvgIpc) is 3.22. The molecule has 0 amide bonds. The van der Waals surface area contributed by atoms with Crippen molar-refractivity contribution < 1.29 is 9.53 Å². The van der Waals surface area contributed by atoms with Gasteiger partial charge in [0.1, 0.15) is 0 Å². The van der Waals surface area contributed by atoms with Gasteiger partial charge in [0.2, 0.25) is 0 Å². The predicted molar refractivity (Wildman–Crippen MR) is 97.3 cm³/mol. The van der Waals surface area contributed by atoms with E-state index in [4.69, 9.17) is 4.74 Å². The van der Waals surface area contributed by atoms with Gasteiger partial charge in [0.25, 0.3) is 0 Å². The van der Waals surface area contributed by atoms with Gasteiger partial charge in [-0.05, 0) is 44.3 Å². The molecule has 0 saturated carbocycles. The number of rotatable bonds is 8. The first-order chi connectivity index (χ1) is 11.8. The molecule has 4 nitrogen and oxygen atoms in total. The van der Waals surface area contributed by atoms with Gasteiger partial charge >= 0.3 is 5.97 Å². The molecule has 1 saturated heterocycles. The van der Waals surface area contributed by atoms with Gasteiger partial charge in [-0.2, -0.15) is 0 Å². The van der Waals surface area contributed by atoms with Crippen molar-refractivity contribution in [2.24, 2.45) is 5.92 Å². The van der Waals surface area contributed by atoms with E-state index in [1.807, 2.05) is 24.3 Å². The smallest absolute Gasteiger partial charge is 0.340 e. The highest BCUT2D eigenvalue weighted by atomic mass is 16.5. The second-order valence-corrected chi connectivity index (χ2v) is 6.83. The van der Waals surface area contributed by atoms with Crippen LogP contribution in [0, 0.1) is 5.92 Å². The van der Waals surface area contributed by atoms with Crippen LogP contribution in [0.3, 0.4) is 0 Å². The Morgan fingerprint density at radius 1 is 1.33 bits per heavy atom. The third-order valence-electron chi connectivity index (χ3n) is 5.02. The van der Waals surface area contributed by atoms with Crippen LogP contribution in [0.25, 0.3) is 10.9 Å². The highest BCUT2D eigenvalue weighted by Crippen LogP contribution is 2.21. The number of H-pyrrole nitrogens is 1. The van der Waals surface area contributed by atoms with Crippen molar-refractivity contribution in [1.82, 2.24) is 9.88 Å². The van der Waals surface area contributed by atoms with Crippen molar-refractivity contribution in [3.8, 4) is 0 Å². The van der Waals surface area contributed by atoms with E-state index in [9.17, 15) is 4.79 Å². The number of hydrogen-bond donors (Lipinski definition) is 1. The lowest BCUT2D eigenvalue weighted by atomic mass is 10.1. The van der Waals surface area contributed by atoms with Crippen LogP contribution in [-0.4, -0.2) is 42.1 Å². The summed E-state index contributed by atoms with van der Waals surface area (Å²) in [6, 6.07) is 7.82. The Hall–Kier alpha value is -1.81. The van der Waals surface area contributed by atoms with Crippen LogP contribution >= 0.6 is 0 Å². The number of carbonyl (C=O) groups is 1.